The number of benzene rings is 2. The highest BCUT2D eigenvalue weighted by molar-refractivity contribution is 7.92. The van der Waals surface area contributed by atoms with Gasteiger partial charge in [-0.15, -0.1) is 0 Å². The van der Waals surface area contributed by atoms with Gasteiger partial charge in [0.1, 0.15) is 13.2 Å². The van der Waals surface area contributed by atoms with Gasteiger partial charge in [0, 0.05) is 18.5 Å². The van der Waals surface area contributed by atoms with Crippen molar-refractivity contribution >= 4 is 15.7 Å². The zero-order chi connectivity index (χ0) is 19.6. The van der Waals surface area contributed by atoms with E-state index in [2.05, 4.69) is 4.98 Å². The average molecular weight is 396 g/mol. The maximum absolute atomic E-state index is 13.5. The highest BCUT2D eigenvalue weighted by atomic mass is 32.2. The molecule has 0 saturated heterocycles. The van der Waals surface area contributed by atoms with E-state index in [1.54, 1.807) is 42.7 Å². The van der Waals surface area contributed by atoms with Gasteiger partial charge in [0.2, 0.25) is 0 Å². The number of aryl methyl sites for hydroxylation is 1. The Morgan fingerprint density at radius 3 is 2.46 bits per heavy atom. The molecule has 0 bridgehead atoms. The minimum Gasteiger partial charge on any atom is -0.486 e. The Morgan fingerprint density at radius 1 is 1.00 bits per heavy atom. The smallest absolute Gasteiger partial charge is 0.264 e. The maximum atomic E-state index is 13.5. The molecule has 1 aliphatic heterocycles. The Bertz CT molecular complexity index is 1070. The molecule has 2 heterocycles. The molecule has 0 atom stereocenters. The molecule has 0 N–H and O–H groups in total. The SMILES string of the molecule is Cc1ccc(N(Cc2cccnc2)S(=O)(=O)c2ccc3c(c2)OCCO3)cc1. The van der Waals surface area contributed by atoms with E-state index in [1.807, 2.05) is 25.1 Å². The normalized spacial score (nSPS) is 13.2. The van der Waals surface area contributed by atoms with E-state index >= 15 is 0 Å². The third-order valence-electron chi connectivity index (χ3n) is 4.47. The van der Waals surface area contributed by atoms with Gasteiger partial charge in [0.15, 0.2) is 11.5 Å². The second-order valence-electron chi connectivity index (χ2n) is 6.51. The van der Waals surface area contributed by atoms with Gasteiger partial charge in [-0.1, -0.05) is 23.8 Å². The molecule has 1 aromatic heterocycles. The molecule has 3 aromatic rings. The van der Waals surface area contributed by atoms with Crippen molar-refractivity contribution in [1.29, 1.82) is 0 Å². The van der Waals surface area contributed by atoms with Crippen LogP contribution in [0.5, 0.6) is 11.5 Å². The lowest BCUT2D eigenvalue weighted by molar-refractivity contribution is 0.171. The highest BCUT2D eigenvalue weighted by Crippen LogP contribution is 2.34. The predicted molar refractivity (Wildman–Crippen MR) is 106 cm³/mol. The number of fused-ring (bicyclic) bond motifs is 1. The van der Waals surface area contributed by atoms with Crippen LogP contribution in [0.4, 0.5) is 5.69 Å². The molecule has 0 amide bonds. The molecule has 6 nitrogen and oxygen atoms in total. The first kappa shape index (κ1) is 18.3. The summed E-state index contributed by atoms with van der Waals surface area (Å²) >= 11 is 0. The largest absolute Gasteiger partial charge is 0.486 e. The summed E-state index contributed by atoms with van der Waals surface area (Å²) in [5, 5.41) is 0. The zero-order valence-corrected chi connectivity index (χ0v) is 16.2. The van der Waals surface area contributed by atoms with Crippen LogP contribution in [0.15, 0.2) is 71.9 Å². The zero-order valence-electron chi connectivity index (χ0n) is 15.4. The molecule has 2 aromatic carbocycles. The number of hydrogen-bond acceptors (Lipinski definition) is 5. The molecule has 144 valence electrons. The van der Waals surface area contributed by atoms with Crippen LogP contribution in [0.3, 0.4) is 0 Å². The van der Waals surface area contributed by atoms with Crippen LogP contribution in [-0.4, -0.2) is 26.6 Å². The van der Waals surface area contributed by atoms with Crippen molar-refractivity contribution in [3.05, 3.63) is 78.1 Å². The highest BCUT2D eigenvalue weighted by Gasteiger charge is 2.27. The lowest BCUT2D eigenvalue weighted by Crippen LogP contribution is -2.30. The molecule has 0 saturated carbocycles. The van der Waals surface area contributed by atoms with Crippen molar-refractivity contribution in [2.45, 2.75) is 18.4 Å². The van der Waals surface area contributed by atoms with Crippen LogP contribution < -0.4 is 13.8 Å². The molecular weight excluding hydrogens is 376 g/mol. The third-order valence-corrected chi connectivity index (χ3v) is 6.24. The van der Waals surface area contributed by atoms with Crippen molar-refractivity contribution in [2.24, 2.45) is 0 Å². The minimum atomic E-state index is -3.83. The fraction of sp³-hybridized carbons (Fsp3) is 0.190. The number of hydrogen-bond donors (Lipinski definition) is 0. The number of nitrogens with zero attached hydrogens (tertiary/aromatic N) is 2. The van der Waals surface area contributed by atoms with E-state index in [4.69, 9.17) is 9.47 Å². The molecular formula is C21H20N2O4S. The van der Waals surface area contributed by atoms with Crippen LogP contribution in [-0.2, 0) is 16.6 Å². The summed E-state index contributed by atoms with van der Waals surface area (Å²) in [7, 11) is -3.83. The summed E-state index contributed by atoms with van der Waals surface area (Å²) in [5.74, 6) is 0.997. The van der Waals surface area contributed by atoms with Crippen LogP contribution in [0.25, 0.3) is 0 Å². The first-order valence-corrected chi connectivity index (χ1v) is 10.4. The summed E-state index contributed by atoms with van der Waals surface area (Å²) in [6.45, 7) is 2.99. The van der Waals surface area contributed by atoms with Gasteiger partial charge in [-0.2, -0.15) is 0 Å². The summed E-state index contributed by atoms with van der Waals surface area (Å²) in [5.41, 5.74) is 2.44. The molecule has 4 rings (SSSR count). The molecule has 0 radical (unpaired) electrons. The van der Waals surface area contributed by atoms with Crippen LogP contribution in [0.2, 0.25) is 0 Å². The lowest BCUT2D eigenvalue weighted by Gasteiger charge is -2.26. The summed E-state index contributed by atoms with van der Waals surface area (Å²) in [4.78, 5) is 4.25. The van der Waals surface area contributed by atoms with Crippen LogP contribution >= 0.6 is 0 Å². The molecule has 0 spiro atoms. The maximum Gasteiger partial charge on any atom is 0.264 e. The molecule has 0 unspecified atom stereocenters. The number of ether oxygens (including phenoxy) is 2. The van der Waals surface area contributed by atoms with E-state index in [9.17, 15) is 8.42 Å². The Labute approximate surface area is 164 Å². The van der Waals surface area contributed by atoms with Crippen LogP contribution in [0, 0.1) is 6.92 Å². The van der Waals surface area contributed by atoms with Crippen molar-refractivity contribution in [3.8, 4) is 11.5 Å². The van der Waals surface area contributed by atoms with E-state index < -0.39 is 10.0 Å². The van der Waals surface area contributed by atoms with Crippen molar-refractivity contribution in [3.63, 3.8) is 0 Å². The van der Waals surface area contributed by atoms with E-state index in [-0.39, 0.29) is 11.4 Å². The van der Waals surface area contributed by atoms with Gasteiger partial charge in [0.25, 0.3) is 10.0 Å². The Balaban J connectivity index is 1.77. The van der Waals surface area contributed by atoms with E-state index in [1.165, 1.54) is 10.4 Å². The fourth-order valence-electron chi connectivity index (χ4n) is 2.99. The molecule has 0 fully saturated rings. The molecule has 28 heavy (non-hydrogen) atoms. The number of rotatable bonds is 5. The molecule has 7 heteroatoms. The predicted octanol–water partition coefficient (Wildman–Crippen LogP) is 3.56. The number of anilines is 1. The van der Waals surface area contributed by atoms with Crippen molar-refractivity contribution in [1.82, 2.24) is 4.98 Å². The Kier molecular flexibility index (Phi) is 4.92. The van der Waals surface area contributed by atoms with Crippen molar-refractivity contribution < 1.29 is 17.9 Å². The van der Waals surface area contributed by atoms with Gasteiger partial charge in [-0.25, -0.2) is 8.42 Å². The standard InChI is InChI=1S/C21H20N2O4S/c1-16-4-6-18(7-5-16)23(15-17-3-2-10-22-14-17)28(24,25)19-8-9-20-21(13-19)27-12-11-26-20/h2-10,13-14H,11-12,15H2,1H3. The van der Waals surface area contributed by atoms with Crippen LogP contribution in [0.1, 0.15) is 11.1 Å². The summed E-state index contributed by atoms with van der Waals surface area (Å²) < 4.78 is 39.5. The lowest BCUT2D eigenvalue weighted by atomic mass is 10.2. The van der Waals surface area contributed by atoms with Gasteiger partial charge in [-0.3, -0.25) is 9.29 Å². The van der Waals surface area contributed by atoms with E-state index in [0.29, 0.717) is 30.4 Å². The third kappa shape index (κ3) is 3.66. The summed E-state index contributed by atoms with van der Waals surface area (Å²) in [6, 6.07) is 15.8. The van der Waals surface area contributed by atoms with Gasteiger partial charge in [0.05, 0.1) is 17.1 Å². The number of pyridine rings is 1. The second kappa shape index (κ2) is 7.52. The van der Waals surface area contributed by atoms with Gasteiger partial charge >= 0.3 is 0 Å². The monoisotopic (exact) mass is 396 g/mol. The average Bonchev–Trinajstić information content (AvgIpc) is 2.73. The first-order chi connectivity index (χ1) is 13.5. The quantitative estimate of drug-likeness (QED) is 0.660. The minimum absolute atomic E-state index is 0.154. The second-order valence-corrected chi connectivity index (χ2v) is 8.38. The Morgan fingerprint density at radius 2 is 1.75 bits per heavy atom. The molecule has 0 aliphatic carbocycles. The van der Waals surface area contributed by atoms with Gasteiger partial charge in [-0.05, 0) is 42.8 Å². The fourth-order valence-corrected chi connectivity index (χ4v) is 4.46. The summed E-state index contributed by atoms with van der Waals surface area (Å²) in [6.07, 6.45) is 3.33. The Hall–Kier alpha value is -3.06. The number of sulfonamides is 1. The topological polar surface area (TPSA) is 68.7 Å². The van der Waals surface area contributed by atoms with E-state index in [0.717, 1.165) is 11.1 Å². The van der Waals surface area contributed by atoms with Gasteiger partial charge < -0.3 is 9.47 Å². The first-order valence-electron chi connectivity index (χ1n) is 8.92. The van der Waals surface area contributed by atoms with Crippen molar-refractivity contribution in [2.75, 3.05) is 17.5 Å². The molecule has 1 aliphatic rings. The number of aromatic nitrogens is 1.